The van der Waals surface area contributed by atoms with Crippen LogP contribution in [0.2, 0.25) is 0 Å². The Morgan fingerprint density at radius 3 is 2.62 bits per heavy atom. The molecular formula is C25H28N2O5. The van der Waals surface area contributed by atoms with E-state index in [2.05, 4.69) is 0 Å². The summed E-state index contributed by atoms with van der Waals surface area (Å²) in [7, 11) is 3.82. The SMILES string of the molecule is CCOc1ccc(C2/C(=C(/O)c3ccc4c(c3)CCO4)C(=O)C(=O)N2CCN(C)C)cc1. The van der Waals surface area contributed by atoms with Gasteiger partial charge in [0.1, 0.15) is 17.3 Å². The number of aliphatic hydroxyl groups excluding tert-OH is 1. The van der Waals surface area contributed by atoms with E-state index < -0.39 is 17.7 Å². The average Bonchev–Trinajstić information content (AvgIpc) is 3.35. The van der Waals surface area contributed by atoms with Gasteiger partial charge in [-0.15, -0.1) is 0 Å². The number of likely N-dealkylation sites (tertiary alicyclic amines) is 1. The van der Waals surface area contributed by atoms with Gasteiger partial charge in [0.25, 0.3) is 11.7 Å². The third-order valence-electron chi connectivity index (χ3n) is 5.80. The molecule has 0 aromatic heterocycles. The van der Waals surface area contributed by atoms with Crippen molar-refractivity contribution < 1.29 is 24.2 Å². The maximum absolute atomic E-state index is 13.1. The Morgan fingerprint density at radius 1 is 1.19 bits per heavy atom. The minimum atomic E-state index is -0.671. The molecule has 1 fully saturated rings. The number of Topliss-reactive ketones (excluding diaryl/α,β-unsaturated/α-hetero) is 1. The Kier molecular flexibility index (Phi) is 6.19. The maximum Gasteiger partial charge on any atom is 0.295 e. The second kappa shape index (κ2) is 9.04. The maximum atomic E-state index is 13.1. The molecule has 1 amide bonds. The number of aliphatic hydroxyl groups is 1. The van der Waals surface area contributed by atoms with Gasteiger partial charge in [0.2, 0.25) is 0 Å². The molecule has 4 rings (SSSR count). The van der Waals surface area contributed by atoms with E-state index in [-0.39, 0.29) is 11.3 Å². The molecule has 2 aromatic rings. The number of ether oxygens (including phenoxy) is 2. The van der Waals surface area contributed by atoms with Crippen molar-refractivity contribution in [2.24, 2.45) is 0 Å². The Labute approximate surface area is 187 Å². The minimum absolute atomic E-state index is 0.108. The van der Waals surface area contributed by atoms with Crippen molar-refractivity contribution in [3.8, 4) is 11.5 Å². The van der Waals surface area contributed by atoms with Crippen LogP contribution in [0.3, 0.4) is 0 Å². The molecule has 2 aliphatic rings. The number of carbonyl (C=O) groups excluding carboxylic acids is 2. The monoisotopic (exact) mass is 436 g/mol. The average molecular weight is 437 g/mol. The molecule has 0 bridgehead atoms. The molecule has 2 heterocycles. The first-order valence-electron chi connectivity index (χ1n) is 10.8. The molecule has 1 unspecified atom stereocenters. The van der Waals surface area contributed by atoms with Crippen LogP contribution in [0, 0.1) is 0 Å². The van der Waals surface area contributed by atoms with E-state index in [9.17, 15) is 14.7 Å². The van der Waals surface area contributed by atoms with E-state index in [0.717, 1.165) is 23.3 Å². The van der Waals surface area contributed by atoms with E-state index >= 15 is 0 Å². The molecule has 7 heteroatoms. The van der Waals surface area contributed by atoms with Gasteiger partial charge >= 0.3 is 0 Å². The van der Waals surface area contributed by atoms with Gasteiger partial charge in [0, 0.05) is 25.1 Å². The van der Waals surface area contributed by atoms with Gasteiger partial charge in [-0.05, 0) is 62.5 Å². The second-order valence-electron chi connectivity index (χ2n) is 8.22. The van der Waals surface area contributed by atoms with E-state index in [4.69, 9.17) is 9.47 Å². The third-order valence-corrected chi connectivity index (χ3v) is 5.80. The number of likely N-dealkylation sites (N-methyl/N-ethyl adjacent to an activating group) is 1. The number of hydrogen-bond acceptors (Lipinski definition) is 6. The summed E-state index contributed by atoms with van der Waals surface area (Å²) in [5.41, 5.74) is 2.35. The van der Waals surface area contributed by atoms with Gasteiger partial charge in [-0.25, -0.2) is 0 Å². The summed E-state index contributed by atoms with van der Waals surface area (Å²) in [6.07, 6.45) is 0.746. The number of ketones is 1. The summed E-state index contributed by atoms with van der Waals surface area (Å²) < 4.78 is 11.1. The molecule has 0 spiro atoms. The van der Waals surface area contributed by atoms with Crippen LogP contribution in [0.25, 0.3) is 5.76 Å². The van der Waals surface area contributed by atoms with E-state index in [1.807, 2.05) is 56.3 Å². The quantitative estimate of drug-likeness (QED) is 0.408. The molecule has 2 aromatic carbocycles. The summed E-state index contributed by atoms with van der Waals surface area (Å²) >= 11 is 0. The summed E-state index contributed by atoms with van der Waals surface area (Å²) in [6, 6.07) is 12.0. The topological polar surface area (TPSA) is 79.3 Å². The number of fused-ring (bicyclic) bond motifs is 1. The van der Waals surface area contributed by atoms with Crippen LogP contribution in [0.5, 0.6) is 11.5 Å². The Bertz CT molecular complexity index is 1060. The lowest BCUT2D eigenvalue weighted by atomic mass is 9.94. The largest absolute Gasteiger partial charge is 0.507 e. The van der Waals surface area contributed by atoms with Gasteiger partial charge in [0.15, 0.2) is 0 Å². The Morgan fingerprint density at radius 2 is 1.94 bits per heavy atom. The molecule has 1 N–H and O–H groups in total. The number of amides is 1. The fourth-order valence-corrected chi connectivity index (χ4v) is 4.17. The molecular weight excluding hydrogens is 408 g/mol. The molecule has 2 aliphatic heterocycles. The standard InChI is InChI=1S/C25H28N2O5/c1-4-31-19-8-5-16(6-9-19)22-21(24(29)25(30)27(22)13-12-26(2)3)23(28)18-7-10-20-17(15-18)11-14-32-20/h5-10,15,22,28H,4,11-14H2,1-3H3/b23-21-. The number of benzene rings is 2. The zero-order chi connectivity index (χ0) is 22.8. The van der Waals surface area contributed by atoms with E-state index in [1.54, 1.807) is 17.0 Å². The van der Waals surface area contributed by atoms with Crippen molar-refractivity contribution in [3.63, 3.8) is 0 Å². The smallest absolute Gasteiger partial charge is 0.295 e. The lowest BCUT2D eigenvalue weighted by Gasteiger charge is -2.26. The van der Waals surface area contributed by atoms with Gasteiger partial charge in [-0.2, -0.15) is 0 Å². The number of rotatable bonds is 7. The predicted octanol–water partition coefficient (Wildman–Crippen LogP) is 3.00. The lowest BCUT2D eigenvalue weighted by molar-refractivity contribution is -0.140. The van der Waals surface area contributed by atoms with Gasteiger partial charge < -0.3 is 24.4 Å². The summed E-state index contributed by atoms with van der Waals surface area (Å²) in [5, 5.41) is 11.2. The first-order valence-corrected chi connectivity index (χ1v) is 10.8. The Hall–Kier alpha value is -3.32. The minimum Gasteiger partial charge on any atom is -0.507 e. The van der Waals surface area contributed by atoms with Crippen LogP contribution in [0.1, 0.15) is 29.7 Å². The summed E-state index contributed by atoms with van der Waals surface area (Å²) in [4.78, 5) is 29.6. The molecule has 1 atom stereocenters. The van der Waals surface area contributed by atoms with Crippen LogP contribution < -0.4 is 9.47 Å². The highest BCUT2D eigenvalue weighted by atomic mass is 16.5. The molecule has 32 heavy (non-hydrogen) atoms. The van der Waals surface area contributed by atoms with Crippen molar-refractivity contribution in [2.75, 3.05) is 40.4 Å². The molecule has 1 saturated heterocycles. The van der Waals surface area contributed by atoms with Crippen molar-refractivity contribution in [2.45, 2.75) is 19.4 Å². The predicted molar refractivity (Wildman–Crippen MR) is 121 cm³/mol. The van der Waals surface area contributed by atoms with Crippen molar-refractivity contribution in [3.05, 3.63) is 64.7 Å². The fraction of sp³-hybridized carbons (Fsp3) is 0.360. The highest BCUT2D eigenvalue weighted by Gasteiger charge is 2.46. The van der Waals surface area contributed by atoms with E-state index in [0.29, 0.717) is 37.6 Å². The second-order valence-corrected chi connectivity index (χ2v) is 8.22. The molecule has 0 radical (unpaired) electrons. The van der Waals surface area contributed by atoms with Crippen LogP contribution in [-0.2, 0) is 16.0 Å². The molecule has 168 valence electrons. The summed E-state index contributed by atoms with van der Waals surface area (Å²) in [5.74, 6) is 0.0640. The van der Waals surface area contributed by atoms with Crippen LogP contribution in [0.15, 0.2) is 48.0 Å². The zero-order valence-corrected chi connectivity index (χ0v) is 18.6. The van der Waals surface area contributed by atoms with E-state index in [1.165, 1.54) is 0 Å². The lowest BCUT2D eigenvalue weighted by Crippen LogP contribution is -2.35. The fourth-order valence-electron chi connectivity index (χ4n) is 4.17. The highest BCUT2D eigenvalue weighted by Crippen LogP contribution is 2.40. The van der Waals surface area contributed by atoms with Crippen molar-refractivity contribution in [1.29, 1.82) is 0 Å². The first kappa shape index (κ1) is 21.9. The molecule has 0 saturated carbocycles. The first-order chi connectivity index (χ1) is 15.4. The van der Waals surface area contributed by atoms with Crippen LogP contribution >= 0.6 is 0 Å². The third kappa shape index (κ3) is 4.08. The molecule has 7 nitrogen and oxygen atoms in total. The number of hydrogen-bond donors (Lipinski definition) is 1. The highest BCUT2D eigenvalue weighted by molar-refractivity contribution is 6.46. The Balaban J connectivity index is 1.79. The van der Waals surface area contributed by atoms with Crippen LogP contribution in [-0.4, -0.2) is 67.0 Å². The van der Waals surface area contributed by atoms with Crippen molar-refractivity contribution >= 4 is 17.4 Å². The van der Waals surface area contributed by atoms with Gasteiger partial charge in [-0.1, -0.05) is 12.1 Å². The molecule has 0 aliphatic carbocycles. The number of carbonyl (C=O) groups is 2. The van der Waals surface area contributed by atoms with Gasteiger partial charge in [-0.3, -0.25) is 9.59 Å². The van der Waals surface area contributed by atoms with Crippen LogP contribution in [0.4, 0.5) is 0 Å². The number of nitrogens with zero attached hydrogens (tertiary/aromatic N) is 2. The zero-order valence-electron chi connectivity index (χ0n) is 18.6. The van der Waals surface area contributed by atoms with Gasteiger partial charge in [0.05, 0.1) is 24.8 Å². The van der Waals surface area contributed by atoms with Crippen molar-refractivity contribution in [1.82, 2.24) is 9.80 Å². The normalized spacial score (nSPS) is 19.4. The summed E-state index contributed by atoms with van der Waals surface area (Å²) in [6.45, 7) is 4.01.